The minimum atomic E-state index is -0.212. The Morgan fingerprint density at radius 2 is 2.30 bits per heavy atom. The van der Waals surface area contributed by atoms with Crippen molar-refractivity contribution >= 4 is 0 Å². The first kappa shape index (κ1) is 7.43. The lowest BCUT2D eigenvalue weighted by Gasteiger charge is -2.45. The fourth-order valence-corrected chi connectivity index (χ4v) is 1.44. The molecule has 0 aromatic heterocycles. The van der Waals surface area contributed by atoms with Crippen LogP contribution in [0.25, 0.3) is 0 Å². The van der Waals surface area contributed by atoms with Crippen LogP contribution in [0.4, 0.5) is 0 Å². The number of likely N-dealkylation sites (tertiary alicyclic amines) is 1. The summed E-state index contributed by atoms with van der Waals surface area (Å²) in [7, 11) is 0. The van der Waals surface area contributed by atoms with Gasteiger partial charge in [-0.2, -0.15) is 0 Å². The van der Waals surface area contributed by atoms with E-state index < -0.39 is 0 Å². The molecule has 0 saturated carbocycles. The highest BCUT2D eigenvalue weighted by Crippen LogP contribution is 2.23. The molecule has 2 heteroatoms. The van der Waals surface area contributed by atoms with E-state index in [2.05, 4.69) is 19.9 Å². The summed E-state index contributed by atoms with van der Waals surface area (Å²) in [5.41, 5.74) is 0. The molecule has 0 aromatic carbocycles. The molecular formula is C8H13NO. The molecule has 2 nitrogen and oxygen atoms in total. The molecule has 10 heavy (non-hydrogen) atoms. The molecule has 1 aliphatic rings. The van der Waals surface area contributed by atoms with E-state index in [0.29, 0.717) is 12.5 Å². The van der Waals surface area contributed by atoms with Crippen molar-refractivity contribution in [2.45, 2.75) is 26.0 Å². The predicted octanol–water partition coefficient (Wildman–Crippen LogP) is 0.278. The van der Waals surface area contributed by atoms with Crippen molar-refractivity contribution in [3.8, 4) is 12.5 Å². The maximum atomic E-state index is 9.24. The van der Waals surface area contributed by atoms with Gasteiger partial charge in [0.2, 0.25) is 0 Å². The van der Waals surface area contributed by atoms with Crippen LogP contribution < -0.4 is 0 Å². The molecule has 1 rings (SSSR count). The Kier molecular flexibility index (Phi) is 1.87. The van der Waals surface area contributed by atoms with Gasteiger partial charge in [0.15, 0.2) is 0 Å². The van der Waals surface area contributed by atoms with Crippen molar-refractivity contribution < 1.29 is 5.11 Å². The number of aliphatic hydroxyl groups is 1. The Balaban J connectivity index is 2.50. The Hall–Kier alpha value is -0.680. The summed E-state index contributed by atoms with van der Waals surface area (Å²) >= 11 is 0. The SMILES string of the molecule is C#CN1C[C@@H](O)C1C(C)C. The van der Waals surface area contributed by atoms with Crippen LogP contribution in [0.5, 0.6) is 0 Å². The van der Waals surface area contributed by atoms with Crippen molar-refractivity contribution in [2.24, 2.45) is 5.92 Å². The summed E-state index contributed by atoms with van der Waals surface area (Å²) in [6.45, 7) is 4.77. The molecule has 1 fully saturated rings. The smallest absolute Gasteiger partial charge is 0.0934 e. The van der Waals surface area contributed by atoms with E-state index >= 15 is 0 Å². The first-order valence-corrected chi connectivity index (χ1v) is 3.57. The number of hydrogen-bond donors (Lipinski definition) is 1. The number of hydrogen-bond acceptors (Lipinski definition) is 2. The minimum absolute atomic E-state index is 0.185. The van der Waals surface area contributed by atoms with Gasteiger partial charge >= 0.3 is 0 Å². The van der Waals surface area contributed by atoms with Crippen LogP contribution >= 0.6 is 0 Å². The topological polar surface area (TPSA) is 23.5 Å². The summed E-state index contributed by atoms with van der Waals surface area (Å²) < 4.78 is 0. The van der Waals surface area contributed by atoms with E-state index in [-0.39, 0.29) is 12.1 Å². The summed E-state index contributed by atoms with van der Waals surface area (Å²) in [6, 6.07) is 2.72. The molecule has 1 saturated heterocycles. The van der Waals surface area contributed by atoms with Crippen molar-refractivity contribution in [2.75, 3.05) is 6.54 Å². The van der Waals surface area contributed by atoms with E-state index in [1.165, 1.54) is 0 Å². The highest BCUT2D eigenvalue weighted by atomic mass is 16.3. The van der Waals surface area contributed by atoms with Crippen LogP contribution in [0.1, 0.15) is 13.8 Å². The quantitative estimate of drug-likeness (QED) is 0.527. The van der Waals surface area contributed by atoms with Crippen LogP contribution in [-0.2, 0) is 0 Å². The normalized spacial score (nSPS) is 31.7. The molecule has 0 aromatic rings. The Morgan fingerprint density at radius 1 is 1.70 bits per heavy atom. The lowest BCUT2D eigenvalue weighted by molar-refractivity contribution is -0.0459. The zero-order chi connectivity index (χ0) is 7.72. The van der Waals surface area contributed by atoms with Gasteiger partial charge in [0, 0.05) is 6.04 Å². The second-order valence-electron chi connectivity index (χ2n) is 3.08. The average molecular weight is 139 g/mol. The maximum absolute atomic E-state index is 9.24. The van der Waals surface area contributed by atoms with Gasteiger partial charge in [-0.15, -0.1) is 0 Å². The minimum Gasteiger partial charge on any atom is -0.389 e. The van der Waals surface area contributed by atoms with Gasteiger partial charge in [-0.05, 0) is 5.92 Å². The summed E-state index contributed by atoms with van der Waals surface area (Å²) in [5.74, 6) is 0.444. The molecular weight excluding hydrogens is 126 g/mol. The molecule has 1 unspecified atom stereocenters. The number of nitrogens with zero attached hydrogens (tertiary/aromatic N) is 1. The van der Waals surface area contributed by atoms with E-state index in [1.807, 2.05) is 4.90 Å². The first-order valence-electron chi connectivity index (χ1n) is 3.57. The molecule has 2 atom stereocenters. The van der Waals surface area contributed by atoms with Crippen LogP contribution in [-0.4, -0.2) is 28.7 Å². The molecule has 1 heterocycles. The number of β-amino-alcohol motifs (C(OH)–C–C–N with tert-alkyl or cyclic N) is 1. The van der Waals surface area contributed by atoms with Crippen molar-refractivity contribution in [1.82, 2.24) is 4.90 Å². The largest absolute Gasteiger partial charge is 0.389 e. The van der Waals surface area contributed by atoms with Crippen LogP contribution in [0, 0.1) is 18.4 Å². The zero-order valence-electron chi connectivity index (χ0n) is 6.41. The second-order valence-corrected chi connectivity index (χ2v) is 3.08. The van der Waals surface area contributed by atoms with Crippen molar-refractivity contribution in [3.63, 3.8) is 0 Å². The highest BCUT2D eigenvalue weighted by molar-refractivity contribution is 5.03. The second kappa shape index (κ2) is 2.51. The molecule has 0 bridgehead atoms. The summed E-state index contributed by atoms with van der Waals surface area (Å²) in [6.07, 6.45) is 4.98. The molecule has 56 valence electrons. The van der Waals surface area contributed by atoms with Gasteiger partial charge in [-0.25, -0.2) is 0 Å². The third-order valence-corrected chi connectivity index (χ3v) is 1.99. The number of aliphatic hydroxyl groups excluding tert-OH is 1. The van der Waals surface area contributed by atoms with E-state index in [1.54, 1.807) is 0 Å². The van der Waals surface area contributed by atoms with Gasteiger partial charge in [-0.3, -0.25) is 0 Å². The molecule has 0 spiro atoms. The fourth-order valence-electron chi connectivity index (χ4n) is 1.44. The van der Waals surface area contributed by atoms with Crippen LogP contribution in [0.3, 0.4) is 0 Å². The van der Waals surface area contributed by atoms with Gasteiger partial charge in [-0.1, -0.05) is 20.3 Å². The molecule has 0 radical (unpaired) electrons. The lowest BCUT2D eigenvalue weighted by atomic mass is 9.90. The monoisotopic (exact) mass is 139 g/mol. The molecule has 1 N–H and O–H groups in total. The Bertz CT molecular complexity index is 154. The predicted molar refractivity (Wildman–Crippen MR) is 40.2 cm³/mol. The number of terminal acetylenes is 1. The lowest BCUT2D eigenvalue weighted by Crippen LogP contribution is -2.59. The third kappa shape index (κ3) is 0.975. The molecule has 0 aliphatic carbocycles. The van der Waals surface area contributed by atoms with Gasteiger partial charge < -0.3 is 10.0 Å². The van der Waals surface area contributed by atoms with Crippen molar-refractivity contribution in [1.29, 1.82) is 0 Å². The van der Waals surface area contributed by atoms with Gasteiger partial charge in [0.05, 0.1) is 18.7 Å². The third-order valence-electron chi connectivity index (χ3n) is 1.99. The van der Waals surface area contributed by atoms with E-state index in [0.717, 1.165) is 0 Å². The molecule has 0 amide bonds. The fraction of sp³-hybridized carbons (Fsp3) is 0.750. The number of rotatable bonds is 1. The summed E-state index contributed by atoms with van der Waals surface area (Å²) in [5, 5.41) is 9.24. The molecule has 1 aliphatic heterocycles. The Labute approximate surface area is 61.8 Å². The Morgan fingerprint density at radius 3 is 2.50 bits per heavy atom. The highest BCUT2D eigenvalue weighted by Gasteiger charge is 2.37. The van der Waals surface area contributed by atoms with Crippen LogP contribution in [0.2, 0.25) is 0 Å². The van der Waals surface area contributed by atoms with E-state index in [9.17, 15) is 5.11 Å². The van der Waals surface area contributed by atoms with Crippen molar-refractivity contribution in [3.05, 3.63) is 0 Å². The summed E-state index contributed by atoms with van der Waals surface area (Å²) in [4.78, 5) is 1.84. The first-order chi connectivity index (χ1) is 4.66. The van der Waals surface area contributed by atoms with Gasteiger partial charge in [0.1, 0.15) is 0 Å². The standard InChI is InChI=1S/C8H13NO/c1-4-9-5-7(10)8(9)6(2)3/h1,6-8,10H,5H2,2-3H3/t7-,8?/m1/s1. The average Bonchev–Trinajstić information content (AvgIpc) is 1.80. The van der Waals surface area contributed by atoms with Gasteiger partial charge in [0.25, 0.3) is 0 Å². The zero-order valence-corrected chi connectivity index (χ0v) is 6.41. The van der Waals surface area contributed by atoms with E-state index in [4.69, 9.17) is 6.42 Å². The van der Waals surface area contributed by atoms with Crippen LogP contribution in [0.15, 0.2) is 0 Å². The maximum Gasteiger partial charge on any atom is 0.0934 e.